The van der Waals surface area contributed by atoms with Gasteiger partial charge in [-0.1, -0.05) is 0 Å². The van der Waals surface area contributed by atoms with E-state index in [-0.39, 0.29) is 5.91 Å². The molecule has 0 fully saturated rings. The standard InChI is InChI=1S/C13H18N2O2/c1-9(14)13(16)15(2)11-5-6-12-10(8-11)4-3-7-17-12/h5-6,8-9H,3-4,7,14H2,1-2H3. The summed E-state index contributed by atoms with van der Waals surface area (Å²) in [5.41, 5.74) is 7.63. The first-order chi connectivity index (χ1) is 8.09. The molecule has 0 aromatic heterocycles. The van der Waals surface area contributed by atoms with Crippen LogP contribution in [0, 0.1) is 0 Å². The maximum Gasteiger partial charge on any atom is 0.243 e. The first-order valence-corrected chi connectivity index (χ1v) is 5.88. The van der Waals surface area contributed by atoms with E-state index in [0.717, 1.165) is 36.4 Å². The minimum atomic E-state index is -0.479. The van der Waals surface area contributed by atoms with Gasteiger partial charge in [0.15, 0.2) is 0 Å². The fraction of sp³-hybridized carbons (Fsp3) is 0.462. The molecular weight excluding hydrogens is 216 g/mol. The van der Waals surface area contributed by atoms with Gasteiger partial charge in [-0.05, 0) is 43.5 Å². The summed E-state index contributed by atoms with van der Waals surface area (Å²) >= 11 is 0. The molecule has 1 unspecified atom stereocenters. The number of amides is 1. The SMILES string of the molecule is CC(N)C(=O)N(C)c1ccc2c(c1)CCCO2. The average Bonchev–Trinajstić information content (AvgIpc) is 2.36. The van der Waals surface area contributed by atoms with Gasteiger partial charge in [0, 0.05) is 12.7 Å². The molecule has 4 heteroatoms. The van der Waals surface area contributed by atoms with Crippen LogP contribution in [0.15, 0.2) is 18.2 Å². The predicted octanol–water partition coefficient (Wildman–Crippen LogP) is 1.32. The van der Waals surface area contributed by atoms with Crippen molar-refractivity contribution in [2.75, 3.05) is 18.6 Å². The van der Waals surface area contributed by atoms with Crippen LogP contribution in [0.5, 0.6) is 5.75 Å². The molecule has 0 aliphatic carbocycles. The third-order valence-corrected chi connectivity index (χ3v) is 3.00. The number of hydrogen-bond donors (Lipinski definition) is 1. The van der Waals surface area contributed by atoms with E-state index in [1.165, 1.54) is 0 Å². The fourth-order valence-corrected chi connectivity index (χ4v) is 1.99. The zero-order valence-corrected chi connectivity index (χ0v) is 10.3. The summed E-state index contributed by atoms with van der Waals surface area (Å²) in [5.74, 6) is 0.850. The molecule has 1 amide bonds. The van der Waals surface area contributed by atoms with Gasteiger partial charge >= 0.3 is 0 Å². The molecule has 92 valence electrons. The Kier molecular flexibility index (Phi) is 3.33. The molecule has 1 heterocycles. The minimum Gasteiger partial charge on any atom is -0.493 e. The second-order valence-corrected chi connectivity index (χ2v) is 4.43. The Morgan fingerprint density at radius 1 is 1.53 bits per heavy atom. The molecule has 1 aliphatic heterocycles. The lowest BCUT2D eigenvalue weighted by molar-refractivity contribution is -0.119. The molecule has 4 nitrogen and oxygen atoms in total. The largest absolute Gasteiger partial charge is 0.493 e. The molecule has 1 atom stereocenters. The lowest BCUT2D eigenvalue weighted by Crippen LogP contribution is -2.39. The van der Waals surface area contributed by atoms with Crippen LogP contribution in [-0.4, -0.2) is 25.6 Å². The summed E-state index contributed by atoms with van der Waals surface area (Å²) in [7, 11) is 1.75. The van der Waals surface area contributed by atoms with Crippen molar-refractivity contribution in [3.63, 3.8) is 0 Å². The number of carbonyl (C=O) groups excluding carboxylic acids is 1. The number of rotatable bonds is 2. The normalized spacial score (nSPS) is 15.7. The molecule has 1 aromatic rings. The van der Waals surface area contributed by atoms with Crippen molar-refractivity contribution in [3.05, 3.63) is 23.8 Å². The molecule has 0 bridgehead atoms. The quantitative estimate of drug-likeness (QED) is 0.839. The Bertz CT molecular complexity index is 429. The first kappa shape index (κ1) is 11.9. The summed E-state index contributed by atoms with van der Waals surface area (Å²) in [6.45, 7) is 2.47. The van der Waals surface area contributed by atoms with Gasteiger partial charge in [0.05, 0.1) is 12.6 Å². The highest BCUT2D eigenvalue weighted by Crippen LogP contribution is 2.28. The van der Waals surface area contributed by atoms with E-state index in [1.54, 1.807) is 18.9 Å². The van der Waals surface area contributed by atoms with Gasteiger partial charge in [0.25, 0.3) is 0 Å². The summed E-state index contributed by atoms with van der Waals surface area (Å²) < 4.78 is 5.54. The maximum absolute atomic E-state index is 11.8. The number of likely N-dealkylation sites (N-methyl/N-ethyl adjacent to an activating group) is 1. The average molecular weight is 234 g/mol. The van der Waals surface area contributed by atoms with Crippen LogP contribution in [0.2, 0.25) is 0 Å². The van der Waals surface area contributed by atoms with Crippen molar-refractivity contribution in [2.24, 2.45) is 5.73 Å². The Morgan fingerprint density at radius 2 is 2.29 bits per heavy atom. The fourth-order valence-electron chi connectivity index (χ4n) is 1.99. The van der Waals surface area contributed by atoms with Crippen molar-refractivity contribution in [1.29, 1.82) is 0 Å². The van der Waals surface area contributed by atoms with Crippen LogP contribution in [0.25, 0.3) is 0 Å². The van der Waals surface area contributed by atoms with Crippen LogP contribution >= 0.6 is 0 Å². The lowest BCUT2D eigenvalue weighted by Gasteiger charge is -2.23. The number of aryl methyl sites for hydroxylation is 1. The van der Waals surface area contributed by atoms with Crippen molar-refractivity contribution < 1.29 is 9.53 Å². The maximum atomic E-state index is 11.8. The molecule has 0 radical (unpaired) electrons. The number of anilines is 1. The van der Waals surface area contributed by atoms with Crippen molar-refractivity contribution in [2.45, 2.75) is 25.8 Å². The van der Waals surface area contributed by atoms with E-state index in [1.807, 2.05) is 18.2 Å². The van der Waals surface area contributed by atoms with Crippen LogP contribution in [0.3, 0.4) is 0 Å². The molecule has 17 heavy (non-hydrogen) atoms. The van der Waals surface area contributed by atoms with Gasteiger partial charge in [0.2, 0.25) is 5.91 Å². The molecule has 1 aliphatic rings. The summed E-state index contributed by atoms with van der Waals surface area (Å²) in [6.07, 6.45) is 2.03. The van der Waals surface area contributed by atoms with Crippen molar-refractivity contribution in [3.8, 4) is 5.75 Å². The van der Waals surface area contributed by atoms with E-state index in [9.17, 15) is 4.79 Å². The molecule has 2 N–H and O–H groups in total. The second kappa shape index (κ2) is 4.75. The Balaban J connectivity index is 2.24. The monoisotopic (exact) mass is 234 g/mol. The summed E-state index contributed by atoms with van der Waals surface area (Å²) in [4.78, 5) is 13.4. The number of fused-ring (bicyclic) bond motifs is 1. The summed E-state index contributed by atoms with van der Waals surface area (Å²) in [5, 5.41) is 0. The van der Waals surface area contributed by atoms with Gasteiger partial charge < -0.3 is 15.4 Å². The number of nitrogens with two attached hydrogens (primary N) is 1. The van der Waals surface area contributed by atoms with Gasteiger partial charge in [-0.3, -0.25) is 4.79 Å². The Hall–Kier alpha value is -1.55. The number of nitrogens with zero attached hydrogens (tertiary/aromatic N) is 1. The van der Waals surface area contributed by atoms with Crippen molar-refractivity contribution >= 4 is 11.6 Å². The first-order valence-electron chi connectivity index (χ1n) is 5.88. The summed E-state index contributed by atoms with van der Waals surface area (Å²) in [6, 6.07) is 5.35. The van der Waals surface area contributed by atoms with Crippen molar-refractivity contribution in [1.82, 2.24) is 0 Å². The molecular formula is C13H18N2O2. The second-order valence-electron chi connectivity index (χ2n) is 4.43. The van der Waals surface area contributed by atoms with Crippen LogP contribution in [-0.2, 0) is 11.2 Å². The Morgan fingerprint density at radius 3 is 3.00 bits per heavy atom. The van der Waals surface area contributed by atoms with Crippen LogP contribution in [0.1, 0.15) is 18.9 Å². The molecule has 0 saturated carbocycles. The van der Waals surface area contributed by atoms with Crippen LogP contribution < -0.4 is 15.4 Å². The van der Waals surface area contributed by atoms with Gasteiger partial charge in [-0.25, -0.2) is 0 Å². The Labute approximate surface area is 101 Å². The smallest absolute Gasteiger partial charge is 0.243 e. The molecule has 0 saturated heterocycles. The molecule has 0 spiro atoms. The zero-order chi connectivity index (χ0) is 12.4. The minimum absolute atomic E-state index is 0.0818. The van der Waals surface area contributed by atoms with Gasteiger partial charge in [-0.15, -0.1) is 0 Å². The highest BCUT2D eigenvalue weighted by atomic mass is 16.5. The number of hydrogen-bond acceptors (Lipinski definition) is 3. The highest BCUT2D eigenvalue weighted by molar-refractivity contribution is 5.96. The predicted molar refractivity (Wildman–Crippen MR) is 67.3 cm³/mol. The van der Waals surface area contributed by atoms with Gasteiger partial charge in [0.1, 0.15) is 5.75 Å². The van der Waals surface area contributed by atoms with E-state index < -0.39 is 6.04 Å². The van der Waals surface area contributed by atoms with E-state index >= 15 is 0 Å². The van der Waals surface area contributed by atoms with Crippen LogP contribution in [0.4, 0.5) is 5.69 Å². The van der Waals surface area contributed by atoms with E-state index in [4.69, 9.17) is 10.5 Å². The number of benzene rings is 1. The number of ether oxygens (including phenoxy) is 1. The van der Waals surface area contributed by atoms with E-state index in [0.29, 0.717) is 0 Å². The number of carbonyl (C=O) groups is 1. The van der Waals surface area contributed by atoms with E-state index in [2.05, 4.69) is 0 Å². The van der Waals surface area contributed by atoms with Gasteiger partial charge in [-0.2, -0.15) is 0 Å². The highest BCUT2D eigenvalue weighted by Gasteiger charge is 2.17. The third-order valence-electron chi connectivity index (χ3n) is 3.00. The lowest BCUT2D eigenvalue weighted by atomic mass is 10.1. The molecule has 2 rings (SSSR count). The topological polar surface area (TPSA) is 55.6 Å². The zero-order valence-electron chi connectivity index (χ0n) is 10.3. The molecule has 1 aromatic carbocycles. The third kappa shape index (κ3) is 2.42.